The van der Waals surface area contributed by atoms with Crippen molar-refractivity contribution in [3.05, 3.63) is 33.8 Å². The molecule has 1 aromatic rings. The lowest BCUT2D eigenvalue weighted by Gasteiger charge is -2.15. The molecule has 0 saturated heterocycles. The van der Waals surface area contributed by atoms with Gasteiger partial charge in [0.2, 0.25) is 5.91 Å². The summed E-state index contributed by atoms with van der Waals surface area (Å²) in [5, 5.41) is 12.5. The minimum absolute atomic E-state index is 0.0732. The van der Waals surface area contributed by atoms with E-state index in [-0.39, 0.29) is 19.4 Å². The van der Waals surface area contributed by atoms with Crippen molar-refractivity contribution < 1.29 is 24.2 Å². The molecule has 2 N–H and O–H groups in total. The monoisotopic (exact) mass is 363 g/mol. The van der Waals surface area contributed by atoms with Crippen LogP contribution in [0.1, 0.15) is 12.0 Å². The number of methoxy groups -OCH3 is 1. The lowest BCUT2D eigenvalue weighted by Crippen LogP contribution is -2.42. The molecule has 0 heterocycles. The van der Waals surface area contributed by atoms with E-state index >= 15 is 0 Å². The Morgan fingerprint density at radius 3 is 2.39 bits per heavy atom. The Hall–Kier alpha value is -1.34. The second kappa shape index (κ2) is 10.4. The van der Waals surface area contributed by atoms with Gasteiger partial charge >= 0.3 is 5.97 Å². The van der Waals surface area contributed by atoms with Gasteiger partial charge in [-0.2, -0.15) is 0 Å². The van der Waals surface area contributed by atoms with Gasteiger partial charge in [-0.25, -0.2) is 4.79 Å². The van der Waals surface area contributed by atoms with Gasteiger partial charge in [0.15, 0.2) is 0 Å². The molecule has 0 aromatic heterocycles. The smallest absolute Gasteiger partial charge is 0.326 e. The summed E-state index contributed by atoms with van der Waals surface area (Å²) >= 11 is 11.8. The molecule has 0 aliphatic heterocycles. The average Bonchev–Trinajstić information content (AvgIpc) is 2.45. The van der Waals surface area contributed by atoms with Crippen molar-refractivity contribution in [1.29, 1.82) is 0 Å². The van der Waals surface area contributed by atoms with Gasteiger partial charge in [0.1, 0.15) is 6.04 Å². The molecule has 1 unspecified atom stereocenters. The number of hydrogen-bond acceptors (Lipinski definition) is 4. The van der Waals surface area contributed by atoms with Crippen LogP contribution in [-0.2, 0) is 25.5 Å². The first-order valence-electron chi connectivity index (χ1n) is 6.96. The number of nitrogens with one attached hydrogen (secondary N) is 1. The Bertz CT molecular complexity index is 518. The zero-order chi connectivity index (χ0) is 17.2. The molecule has 0 spiro atoms. The minimum atomic E-state index is -1.13. The normalized spacial score (nSPS) is 12.0. The SMILES string of the molecule is COCCOCCC(=O)NC(Cc1cc(Cl)cc(Cl)c1)C(=O)O. The number of rotatable bonds is 10. The minimum Gasteiger partial charge on any atom is -0.480 e. The van der Waals surface area contributed by atoms with E-state index in [9.17, 15) is 14.7 Å². The standard InChI is InChI=1S/C15H19Cl2NO5/c1-22-4-5-23-3-2-14(19)18-13(15(20)21)8-10-6-11(16)9-12(17)7-10/h6-7,9,13H,2-5,8H2,1H3,(H,18,19)(H,20,21). The summed E-state index contributed by atoms with van der Waals surface area (Å²) in [6.07, 6.45) is 0.162. The molecule has 1 aromatic carbocycles. The number of hydrogen-bond donors (Lipinski definition) is 2. The fourth-order valence-corrected chi connectivity index (χ4v) is 2.41. The van der Waals surface area contributed by atoms with Crippen molar-refractivity contribution >= 4 is 35.1 Å². The molecule has 0 saturated carbocycles. The summed E-state index contributed by atoms with van der Waals surface area (Å²) in [6.45, 7) is 1.02. The lowest BCUT2D eigenvalue weighted by molar-refractivity contribution is -0.142. The van der Waals surface area contributed by atoms with E-state index in [1.807, 2.05) is 0 Å². The fourth-order valence-electron chi connectivity index (χ4n) is 1.84. The molecule has 1 atom stereocenters. The summed E-state index contributed by atoms with van der Waals surface area (Å²) in [5.74, 6) is -1.53. The first-order valence-corrected chi connectivity index (χ1v) is 7.71. The van der Waals surface area contributed by atoms with Crippen molar-refractivity contribution in [1.82, 2.24) is 5.32 Å². The van der Waals surface area contributed by atoms with Crippen LogP contribution in [0.2, 0.25) is 10.0 Å². The highest BCUT2D eigenvalue weighted by Crippen LogP contribution is 2.20. The predicted molar refractivity (Wildman–Crippen MR) is 87.0 cm³/mol. The first-order chi connectivity index (χ1) is 10.9. The van der Waals surface area contributed by atoms with Crippen LogP contribution in [0, 0.1) is 0 Å². The van der Waals surface area contributed by atoms with Crippen LogP contribution in [0.4, 0.5) is 0 Å². The van der Waals surface area contributed by atoms with Crippen molar-refractivity contribution in [3.8, 4) is 0 Å². The predicted octanol–water partition coefficient (Wildman–Crippen LogP) is 2.16. The fraction of sp³-hybridized carbons (Fsp3) is 0.467. The number of amides is 1. The van der Waals surface area contributed by atoms with Gasteiger partial charge in [0.05, 0.1) is 19.8 Å². The van der Waals surface area contributed by atoms with Crippen LogP contribution in [-0.4, -0.2) is 50.0 Å². The number of benzene rings is 1. The molecule has 8 heteroatoms. The molecule has 0 fully saturated rings. The molecular formula is C15H19Cl2NO5. The summed E-state index contributed by atoms with van der Waals surface area (Å²) in [7, 11) is 1.55. The Kier molecular flexibility index (Phi) is 8.94. The van der Waals surface area contributed by atoms with Gasteiger partial charge in [0, 0.05) is 30.0 Å². The second-order valence-electron chi connectivity index (χ2n) is 4.80. The topological polar surface area (TPSA) is 84.9 Å². The highest BCUT2D eigenvalue weighted by Gasteiger charge is 2.20. The van der Waals surface area contributed by atoms with Crippen LogP contribution in [0.5, 0.6) is 0 Å². The number of halogens is 2. The zero-order valence-electron chi connectivity index (χ0n) is 12.7. The summed E-state index contributed by atoms with van der Waals surface area (Å²) in [6, 6.07) is 3.72. The van der Waals surface area contributed by atoms with Crippen LogP contribution < -0.4 is 5.32 Å². The Labute approximate surface area is 144 Å². The summed E-state index contributed by atoms with van der Waals surface area (Å²) in [5.41, 5.74) is 0.631. The molecule has 1 rings (SSSR count). The maximum absolute atomic E-state index is 11.8. The van der Waals surface area contributed by atoms with Crippen molar-refractivity contribution in [2.45, 2.75) is 18.9 Å². The summed E-state index contributed by atoms with van der Waals surface area (Å²) < 4.78 is 9.97. The van der Waals surface area contributed by atoms with Crippen molar-refractivity contribution in [3.63, 3.8) is 0 Å². The summed E-state index contributed by atoms with van der Waals surface area (Å²) in [4.78, 5) is 23.1. The Balaban J connectivity index is 2.51. The van der Waals surface area contributed by atoms with Crippen LogP contribution in [0.3, 0.4) is 0 Å². The zero-order valence-corrected chi connectivity index (χ0v) is 14.2. The van der Waals surface area contributed by atoms with E-state index in [1.54, 1.807) is 25.3 Å². The van der Waals surface area contributed by atoms with E-state index < -0.39 is 17.9 Å². The van der Waals surface area contributed by atoms with Gasteiger partial charge in [-0.05, 0) is 23.8 Å². The quantitative estimate of drug-likeness (QED) is 0.622. The van der Waals surface area contributed by atoms with Gasteiger partial charge in [-0.1, -0.05) is 23.2 Å². The number of carboxylic acid groups (broad SMARTS) is 1. The van der Waals surface area contributed by atoms with Gasteiger partial charge < -0.3 is 19.9 Å². The van der Waals surface area contributed by atoms with Crippen LogP contribution in [0.15, 0.2) is 18.2 Å². The number of ether oxygens (including phenoxy) is 2. The number of carboxylic acids is 1. The number of carbonyl (C=O) groups excluding carboxylic acids is 1. The van der Waals surface area contributed by atoms with E-state index in [0.29, 0.717) is 28.8 Å². The third-order valence-corrected chi connectivity index (χ3v) is 3.34. The van der Waals surface area contributed by atoms with Crippen molar-refractivity contribution in [2.75, 3.05) is 26.9 Å². The van der Waals surface area contributed by atoms with Gasteiger partial charge in [-0.15, -0.1) is 0 Å². The van der Waals surface area contributed by atoms with Crippen LogP contribution in [0.25, 0.3) is 0 Å². The average molecular weight is 364 g/mol. The van der Waals surface area contributed by atoms with Crippen molar-refractivity contribution in [2.24, 2.45) is 0 Å². The Morgan fingerprint density at radius 1 is 1.17 bits per heavy atom. The van der Waals surface area contributed by atoms with E-state index in [2.05, 4.69) is 5.32 Å². The van der Waals surface area contributed by atoms with Crippen LogP contribution >= 0.6 is 23.2 Å². The maximum Gasteiger partial charge on any atom is 0.326 e. The first kappa shape index (κ1) is 19.7. The van der Waals surface area contributed by atoms with E-state index in [0.717, 1.165) is 0 Å². The molecule has 128 valence electrons. The van der Waals surface area contributed by atoms with E-state index in [1.165, 1.54) is 0 Å². The Morgan fingerprint density at radius 2 is 1.83 bits per heavy atom. The molecule has 1 amide bonds. The molecule has 0 aliphatic rings. The van der Waals surface area contributed by atoms with Gasteiger partial charge in [0.25, 0.3) is 0 Å². The molecule has 23 heavy (non-hydrogen) atoms. The van der Waals surface area contributed by atoms with Gasteiger partial charge in [-0.3, -0.25) is 4.79 Å². The molecular weight excluding hydrogens is 345 g/mol. The largest absolute Gasteiger partial charge is 0.480 e. The molecule has 0 aliphatic carbocycles. The van der Waals surface area contributed by atoms with E-state index in [4.69, 9.17) is 32.7 Å². The molecule has 0 bridgehead atoms. The molecule has 0 radical (unpaired) electrons. The third-order valence-electron chi connectivity index (χ3n) is 2.90. The lowest BCUT2D eigenvalue weighted by atomic mass is 10.1. The highest BCUT2D eigenvalue weighted by atomic mass is 35.5. The number of carbonyl (C=O) groups is 2. The number of aliphatic carboxylic acids is 1. The third kappa shape index (κ3) is 8.18. The maximum atomic E-state index is 11.8. The molecule has 6 nitrogen and oxygen atoms in total. The second-order valence-corrected chi connectivity index (χ2v) is 5.67. The highest BCUT2D eigenvalue weighted by molar-refractivity contribution is 6.34.